The van der Waals surface area contributed by atoms with Crippen LogP contribution in [0.4, 0.5) is 0 Å². The van der Waals surface area contributed by atoms with Crippen LogP contribution in [-0.2, 0) is 11.0 Å². The van der Waals surface area contributed by atoms with Gasteiger partial charge in [0.15, 0.2) is 0 Å². The van der Waals surface area contributed by atoms with Crippen molar-refractivity contribution in [2.45, 2.75) is 18.1 Å². The minimum atomic E-state index is -1.07. The number of rotatable bonds is 1. The molecule has 0 spiro atoms. The molecule has 9 heavy (non-hydrogen) atoms. The van der Waals surface area contributed by atoms with Gasteiger partial charge in [-0.1, -0.05) is 0 Å². The molecule has 54 valence electrons. The normalized spacial score (nSPS) is 25.9. The summed E-state index contributed by atoms with van der Waals surface area (Å²) in [4.78, 5) is 0. The Morgan fingerprint density at radius 2 is 2.00 bits per heavy atom. The van der Waals surface area contributed by atoms with Crippen molar-refractivity contribution >= 4 is 22.7 Å². The van der Waals surface area contributed by atoms with Crippen molar-refractivity contribution in [2.75, 3.05) is 11.5 Å². The van der Waals surface area contributed by atoms with E-state index in [-0.39, 0.29) is 5.25 Å². The number of hydrogen-bond donors (Lipinski definition) is 1. The molecule has 0 aromatic carbocycles. The second kappa shape index (κ2) is 3.58. The summed E-state index contributed by atoms with van der Waals surface area (Å²) in [5.74, 6) is 2.27. The SMILES string of the molecule is N[S@](=O)C1CCSCC1. The van der Waals surface area contributed by atoms with Crippen molar-refractivity contribution in [3.8, 4) is 0 Å². The molecule has 0 bridgehead atoms. The first-order chi connectivity index (χ1) is 4.30. The highest BCUT2D eigenvalue weighted by molar-refractivity contribution is 7.99. The fraction of sp³-hybridized carbons (Fsp3) is 1.00. The third-order valence-electron chi connectivity index (χ3n) is 1.50. The predicted molar refractivity (Wildman–Crippen MR) is 42.7 cm³/mol. The molecule has 1 aliphatic rings. The highest BCUT2D eigenvalue weighted by atomic mass is 32.2. The van der Waals surface area contributed by atoms with Gasteiger partial charge in [-0.25, -0.2) is 4.21 Å². The summed E-state index contributed by atoms with van der Waals surface area (Å²) in [5.41, 5.74) is 0. The van der Waals surface area contributed by atoms with Crippen LogP contribution < -0.4 is 5.14 Å². The molecule has 1 atom stereocenters. The minimum absolute atomic E-state index is 0.284. The highest BCUT2D eigenvalue weighted by Crippen LogP contribution is 2.19. The van der Waals surface area contributed by atoms with E-state index in [1.54, 1.807) is 0 Å². The molecule has 2 N–H and O–H groups in total. The molecule has 0 amide bonds. The van der Waals surface area contributed by atoms with Crippen LogP contribution in [0.25, 0.3) is 0 Å². The molecule has 1 rings (SSSR count). The summed E-state index contributed by atoms with van der Waals surface area (Å²) in [7, 11) is -1.07. The van der Waals surface area contributed by atoms with Crippen LogP contribution in [0.5, 0.6) is 0 Å². The van der Waals surface area contributed by atoms with Crippen molar-refractivity contribution in [3.63, 3.8) is 0 Å². The Bertz CT molecular complexity index is 112. The van der Waals surface area contributed by atoms with Crippen LogP contribution in [0.1, 0.15) is 12.8 Å². The van der Waals surface area contributed by atoms with Crippen LogP contribution in [0.2, 0.25) is 0 Å². The van der Waals surface area contributed by atoms with Crippen molar-refractivity contribution in [3.05, 3.63) is 0 Å². The van der Waals surface area contributed by atoms with Gasteiger partial charge in [-0.2, -0.15) is 11.8 Å². The molecule has 0 aliphatic carbocycles. The molecule has 4 heteroatoms. The van der Waals surface area contributed by atoms with Crippen LogP contribution in [0.15, 0.2) is 0 Å². The van der Waals surface area contributed by atoms with Crippen molar-refractivity contribution < 1.29 is 4.21 Å². The maximum absolute atomic E-state index is 10.7. The van der Waals surface area contributed by atoms with Gasteiger partial charge in [0.25, 0.3) is 0 Å². The smallest absolute Gasteiger partial charge is 0.0920 e. The lowest BCUT2D eigenvalue weighted by Crippen LogP contribution is -2.25. The second-order valence-electron chi connectivity index (χ2n) is 2.14. The van der Waals surface area contributed by atoms with E-state index < -0.39 is 11.0 Å². The molecular formula is C5H11NOS2. The molecular weight excluding hydrogens is 154 g/mol. The average Bonchev–Trinajstić information content (AvgIpc) is 1.90. The van der Waals surface area contributed by atoms with Gasteiger partial charge < -0.3 is 0 Å². The van der Waals surface area contributed by atoms with E-state index in [1.807, 2.05) is 11.8 Å². The van der Waals surface area contributed by atoms with Crippen LogP contribution >= 0.6 is 11.8 Å². The number of nitrogens with two attached hydrogens (primary N) is 1. The first kappa shape index (κ1) is 7.57. The largest absolute Gasteiger partial charge is 0.252 e. The standard InChI is InChI=1S/C5H11NOS2/c6-9(7)5-1-3-8-4-2-5/h5H,1-4,6H2/t9-/m1/s1. The Kier molecular flexibility index (Phi) is 3.01. The summed E-state index contributed by atoms with van der Waals surface area (Å²) in [5, 5.41) is 5.51. The monoisotopic (exact) mass is 165 g/mol. The summed E-state index contributed by atoms with van der Waals surface area (Å²) >= 11 is 1.93. The molecule has 1 saturated heterocycles. The van der Waals surface area contributed by atoms with E-state index in [0.717, 1.165) is 24.3 Å². The van der Waals surface area contributed by atoms with Crippen molar-refractivity contribution in [2.24, 2.45) is 5.14 Å². The van der Waals surface area contributed by atoms with Gasteiger partial charge in [-0.3, -0.25) is 5.14 Å². The zero-order valence-electron chi connectivity index (χ0n) is 5.21. The van der Waals surface area contributed by atoms with Crippen LogP contribution in [0, 0.1) is 0 Å². The molecule has 0 radical (unpaired) electrons. The van der Waals surface area contributed by atoms with Crippen LogP contribution in [0.3, 0.4) is 0 Å². The predicted octanol–water partition coefficient (Wildman–Crippen LogP) is 0.504. The van der Waals surface area contributed by atoms with Gasteiger partial charge in [-0.05, 0) is 24.3 Å². The average molecular weight is 165 g/mol. The topological polar surface area (TPSA) is 43.1 Å². The minimum Gasteiger partial charge on any atom is -0.252 e. The van der Waals surface area contributed by atoms with E-state index in [4.69, 9.17) is 5.14 Å². The summed E-state index contributed by atoms with van der Waals surface area (Å²) < 4.78 is 10.7. The van der Waals surface area contributed by atoms with Crippen molar-refractivity contribution in [1.29, 1.82) is 0 Å². The Morgan fingerprint density at radius 1 is 1.44 bits per heavy atom. The molecule has 1 fully saturated rings. The first-order valence-corrected chi connectivity index (χ1v) is 5.46. The maximum Gasteiger partial charge on any atom is 0.0920 e. The van der Waals surface area contributed by atoms with E-state index in [1.165, 1.54) is 0 Å². The van der Waals surface area contributed by atoms with Gasteiger partial charge >= 0.3 is 0 Å². The van der Waals surface area contributed by atoms with E-state index in [2.05, 4.69) is 0 Å². The summed E-state index contributed by atoms with van der Waals surface area (Å²) in [6.45, 7) is 0. The Hall–Kier alpha value is 0.460. The lowest BCUT2D eigenvalue weighted by Gasteiger charge is -2.17. The van der Waals surface area contributed by atoms with Gasteiger partial charge in [0.05, 0.1) is 16.2 Å². The molecule has 1 heterocycles. The molecule has 0 unspecified atom stereocenters. The fourth-order valence-corrected chi connectivity index (χ4v) is 3.01. The molecule has 2 nitrogen and oxygen atoms in total. The molecule has 1 aliphatic heterocycles. The van der Waals surface area contributed by atoms with Gasteiger partial charge in [-0.15, -0.1) is 0 Å². The van der Waals surface area contributed by atoms with E-state index in [9.17, 15) is 4.21 Å². The van der Waals surface area contributed by atoms with Gasteiger partial charge in [0.1, 0.15) is 0 Å². The maximum atomic E-state index is 10.7. The van der Waals surface area contributed by atoms with Gasteiger partial charge in [0.2, 0.25) is 0 Å². The second-order valence-corrected chi connectivity index (χ2v) is 4.69. The summed E-state index contributed by atoms with van der Waals surface area (Å²) in [6.07, 6.45) is 2.07. The Labute approximate surface area is 62.2 Å². The fourth-order valence-electron chi connectivity index (χ4n) is 0.908. The van der Waals surface area contributed by atoms with E-state index >= 15 is 0 Å². The highest BCUT2D eigenvalue weighted by Gasteiger charge is 2.16. The lowest BCUT2D eigenvalue weighted by molar-refractivity contribution is 0.658. The van der Waals surface area contributed by atoms with Crippen LogP contribution in [-0.4, -0.2) is 21.0 Å². The zero-order chi connectivity index (χ0) is 6.69. The Balaban J connectivity index is 2.31. The van der Waals surface area contributed by atoms with Gasteiger partial charge in [0, 0.05) is 0 Å². The molecule has 0 aromatic rings. The third kappa shape index (κ3) is 2.27. The summed E-state index contributed by atoms with van der Waals surface area (Å²) in [6, 6.07) is 0. The molecule has 0 saturated carbocycles. The first-order valence-electron chi connectivity index (χ1n) is 3.03. The Morgan fingerprint density at radius 3 is 2.33 bits per heavy atom. The number of thioether (sulfide) groups is 1. The zero-order valence-corrected chi connectivity index (χ0v) is 6.84. The third-order valence-corrected chi connectivity index (χ3v) is 3.67. The quantitative estimate of drug-likeness (QED) is 0.615. The number of hydrogen-bond acceptors (Lipinski definition) is 2. The molecule has 0 aromatic heterocycles. The lowest BCUT2D eigenvalue weighted by atomic mass is 10.2. The van der Waals surface area contributed by atoms with Crippen molar-refractivity contribution in [1.82, 2.24) is 0 Å². The van der Waals surface area contributed by atoms with E-state index in [0.29, 0.717) is 0 Å².